The van der Waals surface area contributed by atoms with Gasteiger partial charge in [0.1, 0.15) is 11.3 Å². The molecule has 0 saturated heterocycles. The third kappa shape index (κ3) is 1.79. The summed E-state index contributed by atoms with van der Waals surface area (Å²) in [6.45, 7) is 0. The molecule has 1 aromatic carbocycles. The largest absolute Gasteiger partial charge is 0.497 e. The van der Waals surface area contributed by atoms with Gasteiger partial charge in [0.25, 0.3) is 0 Å². The highest BCUT2D eigenvalue weighted by Gasteiger charge is 2.32. The number of benzene rings is 1. The zero-order valence-corrected chi connectivity index (χ0v) is 10.7. The molecule has 96 valence electrons. The lowest BCUT2D eigenvalue weighted by atomic mass is 9.77. The molecule has 1 heterocycles. The maximum atomic E-state index is 6.58. The number of hydrogen-bond donors (Lipinski definition) is 1. The van der Waals surface area contributed by atoms with Crippen molar-refractivity contribution in [1.29, 1.82) is 0 Å². The Bertz CT molecular complexity index is 553. The van der Waals surface area contributed by atoms with E-state index in [1.807, 2.05) is 24.5 Å². The van der Waals surface area contributed by atoms with Crippen LogP contribution in [0.15, 0.2) is 28.9 Å². The van der Waals surface area contributed by atoms with Crippen LogP contribution in [0.25, 0.3) is 11.0 Å². The van der Waals surface area contributed by atoms with E-state index in [0.29, 0.717) is 0 Å². The molecule has 1 aromatic heterocycles. The quantitative estimate of drug-likeness (QED) is 0.880. The molecule has 0 bridgehead atoms. The van der Waals surface area contributed by atoms with Gasteiger partial charge >= 0.3 is 0 Å². The van der Waals surface area contributed by atoms with E-state index in [9.17, 15) is 0 Å². The Morgan fingerprint density at radius 3 is 2.72 bits per heavy atom. The van der Waals surface area contributed by atoms with Gasteiger partial charge in [0.05, 0.1) is 13.4 Å². The number of furan rings is 1. The van der Waals surface area contributed by atoms with Crippen LogP contribution in [0.2, 0.25) is 0 Å². The Labute approximate surface area is 107 Å². The molecule has 3 heteroatoms. The Balaban J connectivity index is 2.10. The Kier molecular flexibility index (Phi) is 2.78. The third-order valence-corrected chi connectivity index (χ3v) is 4.06. The fourth-order valence-corrected chi connectivity index (χ4v) is 2.97. The van der Waals surface area contributed by atoms with Crippen LogP contribution in [0.3, 0.4) is 0 Å². The molecule has 1 aliphatic rings. The van der Waals surface area contributed by atoms with E-state index < -0.39 is 0 Å². The molecular weight excluding hydrogens is 226 g/mol. The Morgan fingerprint density at radius 2 is 2.00 bits per heavy atom. The first-order valence-electron chi connectivity index (χ1n) is 6.57. The van der Waals surface area contributed by atoms with Gasteiger partial charge in [0, 0.05) is 16.5 Å². The molecule has 1 aliphatic carbocycles. The van der Waals surface area contributed by atoms with Crippen molar-refractivity contribution < 1.29 is 9.15 Å². The van der Waals surface area contributed by atoms with Gasteiger partial charge < -0.3 is 14.9 Å². The smallest absolute Gasteiger partial charge is 0.134 e. The van der Waals surface area contributed by atoms with Crippen LogP contribution in [0, 0.1) is 0 Å². The standard InChI is InChI=1S/C15H19NO2/c1-17-11-5-6-14-12(9-11)13(10-18-14)15(16)7-3-2-4-8-15/h5-6,9-10H,2-4,7-8,16H2,1H3. The molecule has 2 N–H and O–H groups in total. The lowest BCUT2D eigenvalue weighted by molar-refractivity contribution is 0.302. The summed E-state index contributed by atoms with van der Waals surface area (Å²) in [7, 11) is 1.68. The van der Waals surface area contributed by atoms with Crippen molar-refractivity contribution in [2.75, 3.05) is 7.11 Å². The zero-order chi connectivity index (χ0) is 12.6. The molecule has 0 unspecified atom stereocenters. The summed E-state index contributed by atoms with van der Waals surface area (Å²) in [6, 6.07) is 5.89. The van der Waals surface area contributed by atoms with Crippen molar-refractivity contribution in [3.8, 4) is 5.75 Å². The molecule has 1 fully saturated rings. The van der Waals surface area contributed by atoms with E-state index >= 15 is 0 Å². The third-order valence-electron chi connectivity index (χ3n) is 4.06. The summed E-state index contributed by atoms with van der Waals surface area (Å²) in [6.07, 6.45) is 7.60. The molecule has 0 spiro atoms. The van der Waals surface area contributed by atoms with Crippen molar-refractivity contribution in [2.45, 2.75) is 37.6 Å². The van der Waals surface area contributed by atoms with Crippen molar-refractivity contribution in [1.82, 2.24) is 0 Å². The summed E-state index contributed by atoms with van der Waals surface area (Å²) >= 11 is 0. The highest BCUT2D eigenvalue weighted by atomic mass is 16.5. The predicted molar refractivity (Wildman–Crippen MR) is 71.7 cm³/mol. The van der Waals surface area contributed by atoms with E-state index in [4.69, 9.17) is 14.9 Å². The van der Waals surface area contributed by atoms with Crippen LogP contribution >= 0.6 is 0 Å². The van der Waals surface area contributed by atoms with Crippen LogP contribution in [0.5, 0.6) is 5.75 Å². The van der Waals surface area contributed by atoms with Crippen LogP contribution in [-0.2, 0) is 5.54 Å². The second-order valence-electron chi connectivity index (χ2n) is 5.23. The van der Waals surface area contributed by atoms with Crippen molar-refractivity contribution >= 4 is 11.0 Å². The average molecular weight is 245 g/mol. The van der Waals surface area contributed by atoms with Gasteiger partial charge in [-0.05, 0) is 31.0 Å². The first-order valence-corrected chi connectivity index (χ1v) is 6.57. The number of rotatable bonds is 2. The van der Waals surface area contributed by atoms with E-state index in [1.54, 1.807) is 7.11 Å². The molecule has 0 radical (unpaired) electrons. The molecule has 1 saturated carbocycles. The highest BCUT2D eigenvalue weighted by Crippen LogP contribution is 2.39. The van der Waals surface area contributed by atoms with Crippen LogP contribution < -0.4 is 10.5 Å². The molecule has 3 nitrogen and oxygen atoms in total. The first-order chi connectivity index (χ1) is 8.73. The van der Waals surface area contributed by atoms with Crippen molar-refractivity contribution in [3.05, 3.63) is 30.0 Å². The van der Waals surface area contributed by atoms with Gasteiger partial charge in [-0.15, -0.1) is 0 Å². The predicted octanol–water partition coefficient (Wildman–Crippen LogP) is 3.56. The summed E-state index contributed by atoms with van der Waals surface area (Å²) < 4.78 is 10.9. The number of hydrogen-bond acceptors (Lipinski definition) is 3. The molecule has 0 amide bonds. The number of ether oxygens (including phenoxy) is 1. The van der Waals surface area contributed by atoms with Gasteiger partial charge in [0.2, 0.25) is 0 Å². The van der Waals surface area contributed by atoms with Crippen LogP contribution in [-0.4, -0.2) is 7.11 Å². The molecule has 2 aromatic rings. The average Bonchev–Trinajstić information content (AvgIpc) is 2.83. The molecule has 3 rings (SSSR count). The topological polar surface area (TPSA) is 48.4 Å². The fraction of sp³-hybridized carbons (Fsp3) is 0.467. The monoisotopic (exact) mass is 245 g/mol. The minimum Gasteiger partial charge on any atom is -0.497 e. The summed E-state index contributed by atoms with van der Waals surface area (Å²) in [5, 5.41) is 1.10. The molecule has 0 atom stereocenters. The van der Waals surface area contributed by atoms with E-state index in [2.05, 4.69) is 0 Å². The maximum Gasteiger partial charge on any atom is 0.134 e. The molecular formula is C15H19NO2. The number of fused-ring (bicyclic) bond motifs is 1. The summed E-state index contributed by atoms with van der Waals surface area (Å²) in [5.41, 5.74) is 8.38. The van der Waals surface area contributed by atoms with Crippen molar-refractivity contribution in [3.63, 3.8) is 0 Å². The second-order valence-corrected chi connectivity index (χ2v) is 5.23. The van der Waals surface area contributed by atoms with Gasteiger partial charge in [-0.25, -0.2) is 0 Å². The minimum atomic E-state index is -0.226. The Hall–Kier alpha value is -1.48. The van der Waals surface area contributed by atoms with Gasteiger partial charge in [0.15, 0.2) is 0 Å². The van der Waals surface area contributed by atoms with Crippen molar-refractivity contribution in [2.24, 2.45) is 5.73 Å². The summed E-state index contributed by atoms with van der Waals surface area (Å²) in [4.78, 5) is 0. The van der Waals surface area contributed by atoms with E-state index in [0.717, 1.165) is 35.1 Å². The minimum absolute atomic E-state index is 0.226. The lowest BCUT2D eigenvalue weighted by Gasteiger charge is -2.32. The maximum absolute atomic E-state index is 6.58. The second kappa shape index (κ2) is 4.32. The highest BCUT2D eigenvalue weighted by molar-refractivity contribution is 5.83. The normalized spacial score (nSPS) is 19.0. The van der Waals surface area contributed by atoms with E-state index in [1.165, 1.54) is 19.3 Å². The Morgan fingerprint density at radius 1 is 1.22 bits per heavy atom. The molecule has 18 heavy (non-hydrogen) atoms. The van der Waals surface area contributed by atoms with Gasteiger partial charge in [-0.2, -0.15) is 0 Å². The van der Waals surface area contributed by atoms with Crippen LogP contribution in [0.4, 0.5) is 0 Å². The van der Waals surface area contributed by atoms with Gasteiger partial charge in [-0.1, -0.05) is 19.3 Å². The lowest BCUT2D eigenvalue weighted by Crippen LogP contribution is -2.38. The number of nitrogens with two attached hydrogens (primary N) is 1. The first kappa shape index (κ1) is 11.6. The number of methoxy groups -OCH3 is 1. The SMILES string of the molecule is COc1ccc2occ(C3(N)CCCCC3)c2c1. The molecule has 0 aliphatic heterocycles. The van der Waals surface area contributed by atoms with Gasteiger partial charge in [-0.3, -0.25) is 0 Å². The fourth-order valence-electron chi connectivity index (χ4n) is 2.97. The summed E-state index contributed by atoms with van der Waals surface area (Å²) in [5.74, 6) is 0.851. The zero-order valence-electron chi connectivity index (χ0n) is 10.7. The van der Waals surface area contributed by atoms with E-state index in [-0.39, 0.29) is 5.54 Å². The van der Waals surface area contributed by atoms with Crippen LogP contribution in [0.1, 0.15) is 37.7 Å².